The Morgan fingerprint density at radius 2 is 1.90 bits per heavy atom. The van der Waals surface area contributed by atoms with E-state index in [1.54, 1.807) is 36.4 Å². The highest BCUT2D eigenvalue weighted by Crippen LogP contribution is 2.30. The highest BCUT2D eigenvalue weighted by Gasteiger charge is 2.11. The van der Waals surface area contributed by atoms with Crippen LogP contribution in [0, 0.1) is 14.9 Å². The molecule has 31 heavy (non-hydrogen) atoms. The first-order valence-corrected chi connectivity index (χ1v) is 10.7. The second-order valence-electron chi connectivity index (χ2n) is 6.46. The first kappa shape index (κ1) is 22.7. The molecule has 3 aromatic rings. The largest absolute Gasteiger partial charge is 0.493 e. The summed E-state index contributed by atoms with van der Waals surface area (Å²) in [4.78, 5) is 12.5. The Morgan fingerprint density at radius 1 is 1.13 bits per heavy atom. The minimum absolute atomic E-state index is 0.0178. The highest BCUT2D eigenvalue weighted by atomic mass is 127. The number of ether oxygens (including phenoxy) is 2. The van der Waals surface area contributed by atoms with Crippen LogP contribution in [-0.4, -0.2) is 13.0 Å². The molecule has 156 valence electrons. The van der Waals surface area contributed by atoms with Gasteiger partial charge in [-0.05, 0) is 82.3 Å². The Bertz CT molecular complexity index is 1150. The standard InChI is InChI=1S/C24H18ClIN2O3/c1-30-23-12-17(7-10-22(23)31-15-16-5-8-19(25)9-6-16)11-18(14-27)24(29)28-21-4-2-3-20(26)13-21/h2-13H,15H2,1H3,(H,28,29)/b18-11+. The smallest absolute Gasteiger partial charge is 0.266 e. The van der Waals surface area contributed by atoms with Gasteiger partial charge in [0.15, 0.2) is 11.5 Å². The number of anilines is 1. The molecule has 5 nitrogen and oxygen atoms in total. The number of carbonyl (C=O) groups is 1. The van der Waals surface area contributed by atoms with Crippen molar-refractivity contribution >= 4 is 51.9 Å². The fraction of sp³-hybridized carbons (Fsp3) is 0.0833. The van der Waals surface area contributed by atoms with E-state index in [0.29, 0.717) is 34.4 Å². The van der Waals surface area contributed by atoms with E-state index in [2.05, 4.69) is 27.9 Å². The summed E-state index contributed by atoms with van der Waals surface area (Å²) in [6, 6.07) is 21.9. The molecular weight excluding hydrogens is 527 g/mol. The van der Waals surface area contributed by atoms with Crippen LogP contribution in [0.15, 0.2) is 72.3 Å². The lowest BCUT2D eigenvalue weighted by Gasteiger charge is -2.12. The molecule has 0 unspecified atom stereocenters. The van der Waals surface area contributed by atoms with Crippen LogP contribution in [0.25, 0.3) is 6.08 Å². The normalized spacial score (nSPS) is 10.8. The average Bonchev–Trinajstić information content (AvgIpc) is 2.77. The van der Waals surface area contributed by atoms with Crippen LogP contribution in [0.1, 0.15) is 11.1 Å². The van der Waals surface area contributed by atoms with Gasteiger partial charge in [0, 0.05) is 14.3 Å². The molecule has 1 N–H and O–H groups in total. The monoisotopic (exact) mass is 544 g/mol. The van der Waals surface area contributed by atoms with E-state index in [1.165, 1.54) is 13.2 Å². The molecule has 0 aromatic heterocycles. The van der Waals surface area contributed by atoms with Gasteiger partial charge in [-0.1, -0.05) is 35.9 Å². The number of hydrogen-bond acceptors (Lipinski definition) is 4. The number of hydrogen-bond donors (Lipinski definition) is 1. The minimum atomic E-state index is -0.480. The Hall–Kier alpha value is -3.02. The van der Waals surface area contributed by atoms with E-state index in [9.17, 15) is 10.1 Å². The summed E-state index contributed by atoms with van der Waals surface area (Å²) >= 11 is 8.06. The van der Waals surface area contributed by atoms with Gasteiger partial charge in [-0.15, -0.1) is 0 Å². The molecule has 0 radical (unpaired) electrons. The molecule has 1 amide bonds. The third-order valence-corrected chi connectivity index (χ3v) is 5.18. The zero-order valence-corrected chi connectivity index (χ0v) is 19.5. The van der Waals surface area contributed by atoms with Crippen LogP contribution < -0.4 is 14.8 Å². The lowest BCUT2D eigenvalue weighted by atomic mass is 10.1. The predicted molar refractivity (Wildman–Crippen MR) is 130 cm³/mol. The lowest BCUT2D eigenvalue weighted by Crippen LogP contribution is -2.13. The Balaban J connectivity index is 1.74. The van der Waals surface area contributed by atoms with Gasteiger partial charge >= 0.3 is 0 Å². The third-order valence-electron chi connectivity index (χ3n) is 4.25. The van der Waals surface area contributed by atoms with Crippen LogP contribution in [0.3, 0.4) is 0 Å². The van der Waals surface area contributed by atoms with Crippen molar-refractivity contribution in [3.8, 4) is 17.6 Å². The van der Waals surface area contributed by atoms with Crippen LogP contribution in [-0.2, 0) is 11.4 Å². The molecule has 3 aromatic carbocycles. The first-order valence-electron chi connectivity index (χ1n) is 9.22. The van der Waals surface area contributed by atoms with E-state index < -0.39 is 5.91 Å². The van der Waals surface area contributed by atoms with Gasteiger partial charge in [0.05, 0.1) is 7.11 Å². The van der Waals surface area contributed by atoms with Gasteiger partial charge in [0.2, 0.25) is 0 Å². The number of nitriles is 1. The van der Waals surface area contributed by atoms with E-state index in [0.717, 1.165) is 9.13 Å². The number of nitrogens with zero attached hydrogens (tertiary/aromatic N) is 1. The quantitative estimate of drug-likeness (QED) is 0.222. The summed E-state index contributed by atoms with van der Waals surface area (Å²) in [5, 5.41) is 12.9. The first-order chi connectivity index (χ1) is 15.0. The van der Waals surface area contributed by atoms with Crippen LogP contribution in [0.4, 0.5) is 5.69 Å². The van der Waals surface area contributed by atoms with E-state index in [1.807, 2.05) is 36.4 Å². The van der Waals surface area contributed by atoms with Crippen molar-refractivity contribution < 1.29 is 14.3 Å². The van der Waals surface area contributed by atoms with Crippen molar-refractivity contribution in [3.05, 3.63) is 92.0 Å². The van der Waals surface area contributed by atoms with E-state index in [-0.39, 0.29) is 5.57 Å². The third kappa shape index (κ3) is 6.48. The molecule has 3 rings (SSSR count). The number of benzene rings is 3. The molecule has 0 aliphatic rings. The molecule has 0 saturated carbocycles. The van der Waals surface area contributed by atoms with Gasteiger partial charge in [-0.2, -0.15) is 5.26 Å². The Morgan fingerprint density at radius 3 is 2.58 bits per heavy atom. The number of halogens is 2. The molecule has 0 aliphatic heterocycles. The summed E-state index contributed by atoms with van der Waals surface area (Å²) in [6.07, 6.45) is 1.51. The van der Waals surface area contributed by atoms with Crippen molar-refractivity contribution in [2.45, 2.75) is 6.61 Å². The highest BCUT2D eigenvalue weighted by molar-refractivity contribution is 14.1. The molecule has 0 aliphatic carbocycles. The van der Waals surface area contributed by atoms with Crippen molar-refractivity contribution in [3.63, 3.8) is 0 Å². The topological polar surface area (TPSA) is 71.3 Å². The fourth-order valence-corrected chi connectivity index (χ4v) is 3.38. The summed E-state index contributed by atoms with van der Waals surface area (Å²) < 4.78 is 12.2. The van der Waals surface area contributed by atoms with Crippen LogP contribution in [0.2, 0.25) is 5.02 Å². The fourth-order valence-electron chi connectivity index (χ4n) is 2.71. The molecule has 0 spiro atoms. The van der Waals surface area contributed by atoms with Crippen molar-refractivity contribution in [1.82, 2.24) is 0 Å². The predicted octanol–water partition coefficient (Wildman–Crippen LogP) is 6.08. The maximum Gasteiger partial charge on any atom is 0.266 e. The number of amides is 1. The number of methoxy groups -OCH3 is 1. The summed E-state index contributed by atoms with van der Waals surface area (Å²) in [7, 11) is 1.53. The molecule has 0 bridgehead atoms. The molecule has 7 heteroatoms. The minimum Gasteiger partial charge on any atom is -0.493 e. The average molecular weight is 545 g/mol. The SMILES string of the molecule is COc1cc(/C=C(\C#N)C(=O)Nc2cccc(I)c2)ccc1OCc1ccc(Cl)cc1. The number of rotatable bonds is 7. The van der Waals surface area contributed by atoms with Gasteiger partial charge in [-0.25, -0.2) is 0 Å². The second-order valence-corrected chi connectivity index (χ2v) is 8.14. The maximum absolute atomic E-state index is 12.5. The van der Waals surface area contributed by atoms with Crippen LogP contribution >= 0.6 is 34.2 Å². The summed E-state index contributed by atoms with van der Waals surface area (Å²) in [6.45, 7) is 0.352. The molecule has 0 fully saturated rings. The van der Waals surface area contributed by atoms with Crippen molar-refractivity contribution in [2.75, 3.05) is 12.4 Å². The van der Waals surface area contributed by atoms with Crippen molar-refractivity contribution in [2.24, 2.45) is 0 Å². The zero-order chi connectivity index (χ0) is 22.2. The van der Waals surface area contributed by atoms with Gasteiger partial charge < -0.3 is 14.8 Å². The number of nitrogens with one attached hydrogen (secondary N) is 1. The Kier molecular flexibility index (Phi) is 7.93. The molecule has 0 heterocycles. The van der Waals surface area contributed by atoms with Gasteiger partial charge in [-0.3, -0.25) is 4.79 Å². The van der Waals surface area contributed by atoms with E-state index >= 15 is 0 Å². The lowest BCUT2D eigenvalue weighted by molar-refractivity contribution is -0.112. The summed E-state index contributed by atoms with van der Waals surface area (Å²) in [5.74, 6) is 0.570. The van der Waals surface area contributed by atoms with Gasteiger partial charge in [0.1, 0.15) is 18.2 Å². The maximum atomic E-state index is 12.5. The summed E-state index contributed by atoms with van der Waals surface area (Å²) in [5.41, 5.74) is 2.22. The number of carbonyl (C=O) groups excluding carboxylic acids is 1. The Labute approximate surface area is 199 Å². The molecule has 0 atom stereocenters. The zero-order valence-electron chi connectivity index (χ0n) is 16.6. The van der Waals surface area contributed by atoms with E-state index in [4.69, 9.17) is 21.1 Å². The second kappa shape index (κ2) is 10.8. The van der Waals surface area contributed by atoms with Gasteiger partial charge in [0.25, 0.3) is 5.91 Å². The molecule has 0 saturated heterocycles. The molecular formula is C24H18ClIN2O3. The van der Waals surface area contributed by atoms with Crippen LogP contribution in [0.5, 0.6) is 11.5 Å². The van der Waals surface area contributed by atoms with Crippen molar-refractivity contribution in [1.29, 1.82) is 5.26 Å².